The molecule has 43 heavy (non-hydrogen) atoms. The minimum Gasteiger partial charge on any atom is -0.483 e. The molecule has 2 aliphatic heterocycles. The lowest BCUT2D eigenvalue weighted by atomic mass is 9.94. The van der Waals surface area contributed by atoms with Crippen molar-refractivity contribution in [3.63, 3.8) is 0 Å². The number of carboxylic acid groups (broad SMARTS) is 1. The number of aliphatic carboxylic acids is 1. The minimum absolute atomic E-state index is 0.0236. The fourth-order valence-electron chi connectivity index (χ4n) is 5.29. The Morgan fingerprint density at radius 1 is 1.23 bits per heavy atom. The van der Waals surface area contributed by atoms with Crippen LogP contribution in [0.1, 0.15) is 74.6 Å². The summed E-state index contributed by atoms with van der Waals surface area (Å²) >= 11 is 0. The van der Waals surface area contributed by atoms with Crippen molar-refractivity contribution in [2.75, 3.05) is 19.8 Å². The maximum atomic E-state index is 13.8. The molecule has 238 valence electrons. The van der Waals surface area contributed by atoms with Crippen molar-refractivity contribution in [2.45, 2.75) is 95.9 Å². The molecule has 0 spiro atoms. The van der Waals surface area contributed by atoms with Crippen molar-refractivity contribution in [1.29, 1.82) is 0 Å². The molecule has 1 amide bonds. The minimum atomic E-state index is -4.27. The molecule has 0 radical (unpaired) electrons. The average Bonchev–Trinajstić information content (AvgIpc) is 2.92. The SMILES string of the molecule is C=CCOC(=O)N[C@H]1CCCN(/C(N)=N/S(=O)(=O)c2c(C)c(C)c3c(c2C)C=CC(C)(C)O3)C1OCCCCCC(=O)O. The van der Waals surface area contributed by atoms with E-state index in [1.54, 1.807) is 13.8 Å². The Kier molecular flexibility index (Phi) is 11.2. The normalized spacial score (nSPS) is 19.7. The van der Waals surface area contributed by atoms with Gasteiger partial charge in [0.15, 0.2) is 6.23 Å². The third-order valence-corrected chi connectivity index (χ3v) is 9.10. The summed E-state index contributed by atoms with van der Waals surface area (Å²) in [6, 6.07) is -0.568. The Morgan fingerprint density at radius 3 is 2.63 bits per heavy atom. The predicted molar refractivity (Wildman–Crippen MR) is 163 cm³/mol. The van der Waals surface area contributed by atoms with Crippen LogP contribution in [0.3, 0.4) is 0 Å². The number of nitrogens with one attached hydrogen (secondary N) is 1. The first kappa shape index (κ1) is 33.9. The summed E-state index contributed by atoms with van der Waals surface area (Å²) in [7, 11) is -4.27. The Hall–Kier alpha value is -3.58. The van der Waals surface area contributed by atoms with E-state index in [1.165, 1.54) is 11.0 Å². The van der Waals surface area contributed by atoms with Gasteiger partial charge in [-0.05, 0) is 83.1 Å². The number of rotatable bonds is 12. The van der Waals surface area contributed by atoms with E-state index >= 15 is 0 Å². The van der Waals surface area contributed by atoms with Gasteiger partial charge < -0.3 is 35.3 Å². The van der Waals surface area contributed by atoms with E-state index in [2.05, 4.69) is 16.3 Å². The zero-order valence-electron chi connectivity index (χ0n) is 25.6. The smallest absolute Gasteiger partial charge is 0.407 e. The highest BCUT2D eigenvalue weighted by Crippen LogP contribution is 2.41. The van der Waals surface area contributed by atoms with Crippen LogP contribution in [0.4, 0.5) is 4.79 Å². The van der Waals surface area contributed by atoms with Crippen LogP contribution >= 0.6 is 0 Å². The molecule has 0 bridgehead atoms. The number of fused-ring (bicyclic) bond motifs is 1. The van der Waals surface area contributed by atoms with Crippen molar-refractivity contribution in [3.8, 4) is 5.75 Å². The molecule has 0 saturated carbocycles. The number of nitrogens with zero attached hydrogens (tertiary/aromatic N) is 2. The third kappa shape index (κ3) is 8.50. The second-order valence-corrected chi connectivity index (χ2v) is 12.9. The number of ether oxygens (including phenoxy) is 3. The highest BCUT2D eigenvalue weighted by atomic mass is 32.2. The summed E-state index contributed by atoms with van der Waals surface area (Å²) in [5, 5.41) is 11.7. The number of benzene rings is 1. The summed E-state index contributed by atoms with van der Waals surface area (Å²) in [5.41, 5.74) is 8.28. The van der Waals surface area contributed by atoms with Crippen LogP contribution in [0.2, 0.25) is 0 Å². The molecule has 2 aliphatic rings. The molecule has 1 fully saturated rings. The summed E-state index contributed by atoms with van der Waals surface area (Å²) < 4.78 is 49.1. The molecule has 0 aromatic heterocycles. The Balaban J connectivity index is 1.91. The highest BCUT2D eigenvalue weighted by Gasteiger charge is 2.36. The van der Waals surface area contributed by atoms with Gasteiger partial charge in [0, 0.05) is 25.1 Å². The molecule has 4 N–H and O–H groups in total. The summed E-state index contributed by atoms with van der Waals surface area (Å²) in [5.74, 6) is -0.480. The number of hydrogen-bond acceptors (Lipinski definition) is 7. The molecule has 13 heteroatoms. The largest absolute Gasteiger partial charge is 0.483 e. The fourth-order valence-corrected chi connectivity index (χ4v) is 6.77. The molecule has 1 aromatic carbocycles. The first-order valence-electron chi connectivity index (χ1n) is 14.4. The number of amides is 1. The number of carbonyl (C=O) groups is 2. The number of carboxylic acids is 1. The van der Waals surface area contributed by atoms with Crippen molar-refractivity contribution < 1.29 is 37.3 Å². The van der Waals surface area contributed by atoms with Crippen LogP contribution in [-0.4, -0.2) is 74.1 Å². The first-order chi connectivity index (χ1) is 20.2. The van der Waals surface area contributed by atoms with Gasteiger partial charge in [0.25, 0.3) is 10.0 Å². The Labute approximate surface area is 254 Å². The van der Waals surface area contributed by atoms with Crippen LogP contribution in [0, 0.1) is 20.8 Å². The van der Waals surface area contributed by atoms with Crippen LogP contribution in [0.5, 0.6) is 5.75 Å². The van der Waals surface area contributed by atoms with Gasteiger partial charge in [0.2, 0.25) is 5.96 Å². The number of likely N-dealkylation sites (tertiary alicyclic amines) is 1. The van der Waals surface area contributed by atoms with Crippen molar-refractivity contribution in [2.24, 2.45) is 10.1 Å². The number of piperidine rings is 1. The quantitative estimate of drug-likeness (QED) is 0.133. The average molecular weight is 621 g/mol. The molecule has 1 aromatic rings. The Morgan fingerprint density at radius 2 is 1.95 bits per heavy atom. The maximum absolute atomic E-state index is 13.8. The van der Waals surface area contributed by atoms with E-state index in [4.69, 9.17) is 25.1 Å². The molecule has 12 nitrogen and oxygen atoms in total. The topological polar surface area (TPSA) is 170 Å². The van der Waals surface area contributed by atoms with Crippen LogP contribution in [-0.2, 0) is 24.3 Å². The maximum Gasteiger partial charge on any atom is 0.407 e. The van der Waals surface area contributed by atoms with E-state index in [0.29, 0.717) is 66.7 Å². The zero-order valence-corrected chi connectivity index (χ0v) is 26.5. The lowest BCUT2D eigenvalue weighted by Gasteiger charge is -2.41. The van der Waals surface area contributed by atoms with E-state index < -0.39 is 40.0 Å². The van der Waals surface area contributed by atoms with Gasteiger partial charge in [-0.1, -0.05) is 25.2 Å². The molecular formula is C30H44N4O8S. The lowest BCUT2D eigenvalue weighted by Crippen LogP contribution is -2.60. The lowest BCUT2D eigenvalue weighted by molar-refractivity contribution is -0.137. The number of sulfonamides is 1. The van der Waals surface area contributed by atoms with Gasteiger partial charge in [-0.3, -0.25) is 4.79 Å². The van der Waals surface area contributed by atoms with Gasteiger partial charge in [0.1, 0.15) is 18.0 Å². The monoisotopic (exact) mass is 620 g/mol. The fraction of sp³-hybridized carbons (Fsp3) is 0.567. The second-order valence-electron chi connectivity index (χ2n) is 11.3. The van der Waals surface area contributed by atoms with Crippen molar-refractivity contribution >= 4 is 34.1 Å². The summed E-state index contributed by atoms with van der Waals surface area (Å²) in [4.78, 5) is 24.8. The van der Waals surface area contributed by atoms with E-state index in [9.17, 15) is 18.0 Å². The van der Waals surface area contributed by atoms with Gasteiger partial charge in [-0.2, -0.15) is 8.42 Å². The number of hydrogen-bond donors (Lipinski definition) is 3. The van der Waals surface area contributed by atoms with Crippen LogP contribution < -0.4 is 15.8 Å². The molecular weight excluding hydrogens is 576 g/mol. The third-order valence-electron chi connectivity index (χ3n) is 7.54. The van der Waals surface area contributed by atoms with Gasteiger partial charge in [0.05, 0.1) is 10.9 Å². The second kappa shape index (κ2) is 14.3. The highest BCUT2D eigenvalue weighted by molar-refractivity contribution is 7.90. The van der Waals surface area contributed by atoms with Crippen LogP contribution in [0.25, 0.3) is 6.08 Å². The van der Waals surface area contributed by atoms with Crippen molar-refractivity contribution in [1.82, 2.24) is 10.2 Å². The zero-order chi connectivity index (χ0) is 31.9. The standard InChI is InChI=1S/C30H44N4O8S/c1-7-17-41-29(37)32-23-12-11-16-34(27(23)40-18-10-8-9-13-24(35)36)28(31)33-43(38,39)26-20(3)19(2)25-22(21(26)4)14-15-30(5,6)42-25/h7,14-15,23,27H,1,8-13,16-18H2,2-6H3,(H2,31,33)(H,32,37)(H,35,36)/t23-,27?/m0/s1. The van der Waals surface area contributed by atoms with Gasteiger partial charge in [-0.15, -0.1) is 4.40 Å². The summed E-state index contributed by atoms with van der Waals surface area (Å²) in [6.07, 6.45) is 6.59. The summed E-state index contributed by atoms with van der Waals surface area (Å²) in [6.45, 7) is 13.3. The molecule has 1 unspecified atom stereocenters. The number of guanidine groups is 1. The number of unbranched alkanes of at least 4 members (excludes halogenated alkanes) is 2. The Bertz CT molecular complexity index is 1390. The number of alkyl carbamates (subject to hydrolysis) is 1. The van der Waals surface area contributed by atoms with E-state index in [-0.39, 0.29) is 30.5 Å². The van der Waals surface area contributed by atoms with Gasteiger partial charge >= 0.3 is 12.1 Å². The van der Waals surface area contributed by atoms with Crippen molar-refractivity contribution in [3.05, 3.63) is 41.0 Å². The van der Waals surface area contributed by atoms with Crippen LogP contribution in [0.15, 0.2) is 28.0 Å². The molecule has 2 heterocycles. The first-order valence-corrected chi connectivity index (χ1v) is 15.9. The molecule has 1 saturated heterocycles. The molecule has 3 rings (SSSR count). The van der Waals surface area contributed by atoms with E-state index in [1.807, 2.05) is 32.9 Å². The number of nitrogens with two attached hydrogens (primary N) is 1. The molecule has 2 atom stereocenters. The van der Waals surface area contributed by atoms with E-state index in [0.717, 1.165) is 0 Å². The molecule has 0 aliphatic carbocycles. The predicted octanol–water partition coefficient (Wildman–Crippen LogP) is 4.16. The van der Waals surface area contributed by atoms with Gasteiger partial charge in [-0.25, -0.2) is 4.79 Å². The number of carbonyl (C=O) groups excluding carboxylic acids is 1.